The number of hydrogen-bond donors (Lipinski definition) is 1. The summed E-state index contributed by atoms with van der Waals surface area (Å²) in [7, 11) is -3.80. The normalized spacial score (nSPS) is 17.4. The van der Waals surface area contributed by atoms with Gasteiger partial charge in [0.1, 0.15) is 0 Å². The largest absolute Gasteiger partial charge is 0.338 e. The van der Waals surface area contributed by atoms with E-state index in [-0.39, 0.29) is 10.8 Å². The van der Waals surface area contributed by atoms with Crippen molar-refractivity contribution < 1.29 is 13.2 Å². The molecule has 1 saturated heterocycles. The molecule has 5 nitrogen and oxygen atoms in total. The molecule has 1 atom stereocenters. The number of carbonyl (C=O) groups excluding carboxylic acids is 1. The molecular formula is C22H28N2O3S. The van der Waals surface area contributed by atoms with Crippen molar-refractivity contribution in [1.29, 1.82) is 0 Å². The molecule has 0 radical (unpaired) electrons. The van der Waals surface area contributed by atoms with Gasteiger partial charge < -0.3 is 4.90 Å². The second-order valence-electron chi connectivity index (χ2n) is 7.90. The predicted octanol–water partition coefficient (Wildman–Crippen LogP) is 4.28. The van der Waals surface area contributed by atoms with Crippen LogP contribution >= 0.6 is 0 Å². The van der Waals surface area contributed by atoms with E-state index >= 15 is 0 Å². The lowest BCUT2D eigenvalue weighted by Gasteiger charge is -2.31. The van der Waals surface area contributed by atoms with Crippen LogP contribution < -0.4 is 4.72 Å². The maximum Gasteiger partial charge on any atom is 0.262 e. The monoisotopic (exact) mass is 400 g/mol. The van der Waals surface area contributed by atoms with Gasteiger partial charge in [-0.05, 0) is 74.4 Å². The highest BCUT2D eigenvalue weighted by atomic mass is 32.2. The highest BCUT2D eigenvalue weighted by Crippen LogP contribution is 2.25. The highest BCUT2D eigenvalue weighted by molar-refractivity contribution is 7.92. The zero-order valence-electron chi connectivity index (χ0n) is 17.0. The Balaban J connectivity index is 1.92. The molecule has 0 unspecified atom stereocenters. The van der Waals surface area contributed by atoms with E-state index in [1.165, 1.54) is 6.07 Å². The third-order valence-electron chi connectivity index (χ3n) is 5.31. The zero-order valence-corrected chi connectivity index (χ0v) is 17.8. The summed E-state index contributed by atoms with van der Waals surface area (Å²) in [5.74, 6) is 0.368. The molecule has 2 aromatic rings. The van der Waals surface area contributed by atoms with Gasteiger partial charge in [-0.25, -0.2) is 8.42 Å². The van der Waals surface area contributed by atoms with Crippen LogP contribution in [0.3, 0.4) is 0 Å². The minimum atomic E-state index is -3.80. The number of aryl methyl sites for hydroxylation is 3. The molecule has 0 bridgehead atoms. The van der Waals surface area contributed by atoms with Crippen LogP contribution in [0, 0.1) is 26.7 Å². The molecule has 150 valence electrons. The second kappa shape index (κ2) is 7.95. The van der Waals surface area contributed by atoms with Crippen molar-refractivity contribution in [3.63, 3.8) is 0 Å². The fraction of sp³-hybridized carbons (Fsp3) is 0.409. The van der Waals surface area contributed by atoms with E-state index in [1.54, 1.807) is 19.1 Å². The number of rotatable bonds is 4. The molecule has 1 aliphatic rings. The molecule has 2 aromatic carbocycles. The molecule has 1 fully saturated rings. The number of piperidine rings is 1. The van der Waals surface area contributed by atoms with E-state index in [2.05, 4.69) is 11.6 Å². The third kappa shape index (κ3) is 4.38. The van der Waals surface area contributed by atoms with Crippen molar-refractivity contribution in [3.8, 4) is 0 Å². The molecular weight excluding hydrogens is 372 g/mol. The van der Waals surface area contributed by atoms with Crippen molar-refractivity contribution in [1.82, 2.24) is 4.90 Å². The van der Waals surface area contributed by atoms with Crippen molar-refractivity contribution in [2.24, 2.45) is 5.92 Å². The standard InChI is InChI=1S/C22H28N2O3S/c1-15-7-8-17(3)20(12-15)23-28(26,27)21-13-19(10-9-18(21)4)22(25)24-11-5-6-16(2)14-24/h7-10,12-13,16,23H,5-6,11,14H2,1-4H3/t16-/m1/s1. The van der Waals surface area contributed by atoms with Crippen LogP contribution in [0.15, 0.2) is 41.3 Å². The molecule has 0 aromatic heterocycles. The molecule has 1 N–H and O–H groups in total. The summed E-state index contributed by atoms with van der Waals surface area (Å²) in [6, 6.07) is 10.6. The first-order valence-corrected chi connectivity index (χ1v) is 11.2. The molecule has 1 amide bonds. The Morgan fingerprint density at radius 2 is 1.79 bits per heavy atom. The van der Waals surface area contributed by atoms with Gasteiger partial charge in [0.05, 0.1) is 10.6 Å². The molecule has 1 heterocycles. The first kappa shape index (κ1) is 20.4. The van der Waals surface area contributed by atoms with Gasteiger partial charge in [-0.3, -0.25) is 9.52 Å². The van der Waals surface area contributed by atoms with E-state index in [1.807, 2.05) is 36.9 Å². The SMILES string of the molecule is Cc1ccc(C)c(NS(=O)(=O)c2cc(C(=O)N3CCC[C@@H](C)C3)ccc2C)c1. The van der Waals surface area contributed by atoms with Gasteiger partial charge in [0.25, 0.3) is 15.9 Å². The zero-order chi connectivity index (χ0) is 20.5. The van der Waals surface area contributed by atoms with Crippen LogP contribution in [0.25, 0.3) is 0 Å². The van der Waals surface area contributed by atoms with E-state index in [0.717, 1.165) is 37.1 Å². The Labute approximate surface area is 167 Å². The molecule has 1 aliphatic heterocycles. The van der Waals surface area contributed by atoms with Crippen LogP contribution in [0.4, 0.5) is 5.69 Å². The molecule has 0 saturated carbocycles. The average Bonchev–Trinajstić information content (AvgIpc) is 2.64. The summed E-state index contributed by atoms with van der Waals surface area (Å²) in [5.41, 5.74) is 3.41. The van der Waals surface area contributed by atoms with Gasteiger partial charge in [0, 0.05) is 18.7 Å². The molecule has 0 spiro atoms. The van der Waals surface area contributed by atoms with Gasteiger partial charge >= 0.3 is 0 Å². The van der Waals surface area contributed by atoms with Crippen LogP contribution in [0.5, 0.6) is 0 Å². The smallest absolute Gasteiger partial charge is 0.262 e. The molecule has 0 aliphatic carbocycles. The van der Waals surface area contributed by atoms with Gasteiger partial charge in [-0.1, -0.05) is 25.1 Å². The number of likely N-dealkylation sites (tertiary alicyclic amines) is 1. The second-order valence-corrected chi connectivity index (χ2v) is 9.55. The number of nitrogens with zero attached hydrogens (tertiary/aromatic N) is 1. The summed E-state index contributed by atoms with van der Waals surface area (Å²) in [5, 5.41) is 0. The van der Waals surface area contributed by atoms with Gasteiger partial charge in [0.2, 0.25) is 0 Å². The maximum atomic E-state index is 13.1. The number of anilines is 1. The number of hydrogen-bond acceptors (Lipinski definition) is 3. The predicted molar refractivity (Wildman–Crippen MR) is 112 cm³/mol. The Kier molecular flexibility index (Phi) is 5.79. The quantitative estimate of drug-likeness (QED) is 0.833. The van der Waals surface area contributed by atoms with Crippen LogP contribution in [0.2, 0.25) is 0 Å². The lowest BCUT2D eigenvalue weighted by Crippen LogP contribution is -2.39. The minimum Gasteiger partial charge on any atom is -0.338 e. The summed E-state index contributed by atoms with van der Waals surface area (Å²) in [4.78, 5) is 14.9. The minimum absolute atomic E-state index is 0.102. The highest BCUT2D eigenvalue weighted by Gasteiger charge is 2.25. The van der Waals surface area contributed by atoms with E-state index in [4.69, 9.17) is 0 Å². The number of carbonyl (C=O) groups is 1. The van der Waals surface area contributed by atoms with Crippen LogP contribution in [0.1, 0.15) is 46.8 Å². The Morgan fingerprint density at radius 1 is 1.07 bits per heavy atom. The first-order valence-electron chi connectivity index (χ1n) is 9.67. The average molecular weight is 401 g/mol. The van der Waals surface area contributed by atoms with Gasteiger partial charge in [-0.15, -0.1) is 0 Å². The fourth-order valence-electron chi connectivity index (χ4n) is 3.62. The lowest BCUT2D eigenvalue weighted by molar-refractivity contribution is 0.0683. The number of amides is 1. The van der Waals surface area contributed by atoms with Gasteiger partial charge in [0.15, 0.2) is 0 Å². The molecule has 3 rings (SSSR count). The number of benzene rings is 2. The Hall–Kier alpha value is -2.34. The summed E-state index contributed by atoms with van der Waals surface area (Å²) in [6.07, 6.45) is 2.11. The Morgan fingerprint density at radius 3 is 2.50 bits per heavy atom. The third-order valence-corrected chi connectivity index (χ3v) is 6.81. The first-order chi connectivity index (χ1) is 13.2. The number of sulfonamides is 1. The maximum absolute atomic E-state index is 13.1. The number of nitrogens with one attached hydrogen (secondary N) is 1. The van der Waals surface area contributed by atoms with E-state index in [9.17, 15) is 13.2 Å². The fourth-order valence-corrected chi connectivity index (χ4v) is 5.02. The van der Waals surface area contributed by atoms with E-state index in [0.29, 0.717) is 22.7 Å². The van der Waals surface area contributed by atoms with Gasteiger partial charge in [-0.2, -0.15) is 0 Å². The molecule has 28 heavy (non-hydrogen) atoms. The van der Waals surface area contributed by atoms with Crippen molar-refractivity contribution in [3.05, 3.63) is 58.7 Å². The summed E-state index contributed by atoms with van der Waals surface area (Å²) in [6.45, 7) is 9.10. The Bertz CT molecular complexity index is 999. The van der Waals surface area contributed by atoms with Crippen molar-refractivity contribution in [2.75, 3.05) is 17.8 Å². The van der Waals surface area contributed by atoms with Crippen molar-refractivity contribution in [2.45, 2.75) is 45.4 Å². The lowest BCUT2D eigenvalue weighted by atomic mass is 9.99. The summed E-state index contributed by atoms with van der Waals surface area (Å²) < 4.78 is 28.8. The van der Waals surface area contributed by atoms with Crippen molar-refractivity contribution >= 4 is 21.6 Å². The van der Waals surface area contributed by atoms with Crippen LogP contribution in [-0.4, -0.2) is 32.3 Å². The van der Waals surface area contributed by atoms with Crippen LogP contribution in [-0.2, 0) is 10.0 Å². The summed E-state index contributed by atoms with van der Waals surface area (Å²) >= 11 is 0. The van der Waals surface area contributed by atoms with E-state index < -0.39 is 10.0 Å². The molecule has 6 heteroatoms. The topological polar surface area (TPSA) is 66.5 Å².